The number of fused-ring (bicyclic) bond motifs is 1. The summed E-state index contributed by atoms with van der Waals surface area (Å²) in [5, 5.41) is 5.17. The largest absolute Gasteiger partial charge is 0.467 e. The third-order valence-corrected chi connectivity index (χ3v) is 4.39. The van der Waals surface area contributed by atoms with Crippen LogP contribution in [0.4, 0.5) is 5.69 Å². The van der Waals surface area contributed by atoms with E-state index in [1.165, 1.54) is 11.8 Å². The lowest BCUT2D eigenvalue weighted by atomic mass is 10.2. The van der Waals surface area contributed by atoms with Gasteiger partial charge in [-0.05, 0) is 24.3 Å². The highest BCUT2D eigenvalue weighted by atomic mass is 32.2. The summed E-state index contributed by atoms with van der Waals surface area (Å²) in [4.78, 5) is 24.9. The minimum Gasteiger partial charge on any atom is -0.467 e. The zero-order chi connectivity index (χ0) is 14.7. The molecule has 21 heavy (non-hydrogen) atoms. The second kappa shape index (κ2) is 6.05. The second-order valence-electron chi connectivity index (χ2n) is 4.65. The molecule has 1 aliphatic heterocycles. The number of hydrogen-bond acceptors (Lipinski definition) is 4. The SMILES string of the molecule is O=C(CC1Sc2ccccc2NC1=O)NCc1ccco1. The summed E-state index contributed by atoms with van der Waals surface area (Å²) in [6.45, 7) is 0.335. The van der Waals surface area contributed by atoms with Gasteiger partial charge in [-0.1, -0.05) is 12.1 Å². The third kappa shape index (κ3) is 3.28. The van der Waals surface area contributed by atoms with E-state index < -0.39 is 5.25 Å². The van der Waals surface area contributed by atoms with Crippen molar-refractivity contribution in [3.63, 3.8) is 0 Å². The molecule has 0 spiro atoms. The van der Waals surface area contributed by atoms with Crippen molar-refractivity contribution in [2.24, 2.45) is 0 Å². The molecule has 2 N–H and O–H groups in total. The summed E-state index contributed by atoms with van der Waals surface area (Å²) in [5.74, 6) is 0.389. The van der Waals surface area contributed by atoms with Gasteiger partial charge in [0.25, 0.3) is 0 Å². The number of carbonyl (C=O) groups is 2. The molecule has 0 fully saturated rings. The summed E-state index contributed by atoms with van der Waals surface area (Å²) in [5.41, 5.74) is 0.805. The van der Waals surface area contributed by atoms with E-state index in [1.807, 2.05) is 24.3 Å². The second-order valence-corrected chi connectivity index (χ2v) is 5.90. The first-order valence-corrected chi connectivity index (χ1v) is 7.46. The molecule has 0 bridgehead atoms. The average molecular weight is 302 g/mol. The van der Waals surface area contributed by atoms with Gasteiger partial charge in [0, 0.05) is 11.3 Å². The maximum absolute atomic E-state index is 12.0. The summed E-state index contributed by atoms with van der Waals surface area (Å²) in [6.07, 6.45) is 1.70. The van der Waals surface area contributed by atoms with Crippen LogP contribution in [0, 0.1) is 0 Å². The number of hydrogen-bond donors (Lipinski definition) is 2. The number of anilines is 1. The summed E-state index contributed by atoms with van der Waals surface area (Å²) < 4.78 is 5.14. The summed E-state index contributed by atoms with van der Waals surface area (Å²) in [7, 11) is 0. The smallest absolute Gasteiger partial charge is 0.238 e. The molecule has 1 atom stereocenters. The van der Waals surface area contributed by atoms with E-state index in [-0.39, 0.29) is 18.2 Å². The van der Waals surface area contributed by atoms with Crippen molar-refractivity contribution < 1.29 is 14.0 Å². The van der Waals surface area contributed by atoms with Crippen molar-refractivity contribution in [2.45, 2.75) is 23.1 Å². The van der Waals surface area contributed by atoms with Crippen LogP contribution in [-0.4, -0.2) is 17.1 Å². The van der Waals surface area contributed by atoms with E-state index in [0.29, 0.717) is 12.3 Å². The van der Waals surface area contributed by atoms with Gasteiger partial charge in [-0.15, -0.1) is 11.8 Å². The van der Waals surface area contributed by atoms with E-state index in [0.717, 1.165) is 10.6 Å². The molecule has 1 aromatic carbocycles. The van der Waals surface area contributed by atoms with Gasteiger partial charge < -0.3 is 15.1 Å². The summed E-state index contributed by atoms with van der Waals surface area (Å²) >= 11 is 1.42. The number of benzene rings is 1. The number of thioether (sulfide) groups is 1. The van der Waals surface area contributed by atoms with Crippen LogP contribution >= 0.6 is 11.8 Å². The van der Waals surface area contributed by atoms with Crippen LogP contribution in [0.25, 0.3) is 0 Å². The van der Waals surface area contributed by atoms with Crippen LogP contribution in [0.3, 0.4) is 0 Å². The topological polar surface area (TPSA) is 71.3 Å². The molecule has 2 aromatic rings. The molecular weight excluding hydrogens is 288 g/mol. The molecule has 0 aliphatic carbocycles. The molecule has 3 rings (SSSR count). The van der Waals surface area contributed by atoms with Crippen molar-refractivity contribution in [3.05, 3.63) is 48.4 Å². The van der Waals surface area contributed by atoms with Crippen molar-refractivity contribution >= 4 is 29.3 Å². The molecule has 6 heteroatoms. The van der Waals surface area contributed by atoms with Crippen LogP contribution in [-0.2, 0) is 16.1 Å². The zero-order valence-electron chi connectivity index (χ0n) is 11.2. The van der Waals surface area contributed by atoms with E-state index in [9.17, 15) is 9.59 Å². The Morgan fingerprint density at radius 3 is 2.95 bits per heavy atom. The molecule has 1 aromatic heterocycles. The predicted octanol–water partition coefficient (Wildman–Crippen LogP) is 2.40. The van der Waals surface area contributed by atoms with E-state index in [2.05, 4.69) is 10.6 Å². The van der Waals surface area contributed by atoms with Gasteiger partial charge in [0.05, 0.1) is 23.7 Å². The Labute approximate surface area is 126 Å². The lowest BCUT2D eigenvalue weighted by molar-refractivity contribution is -0.124. The lowest BCUT2D eigenvalue weighted by Gasteiger charge is -2.23. The first kappa shape index (κ1) is 13.8. The molecule has 1 aliphatic rings. The van der Waals surface area contributed by atoms with Crippen molar-refractivity contribution in [3.8, 4) is 0 Å². The van der Waals surface area contributed by atoms with E-state index in [4.69, 9.17) is 4.42 Å². The molecule has 1 unspecified atom stereocenters. The number of amides is 2. The predicted molar refractivity (Wildman–Crippen MR) is 79.9 cm³/mol. The first-order valence-electron chi connectivity index (χ1n) is 6.58. The average Bonchev–Trinajstić information content (AvgIpc) is 2.99. The number of furan rings is 1. The zero-order valence-corrected chi connectivity index (χ0v) is 12.0. The molecule has 0 radical (unpaired) electrons. The minimum atomic E-state index is -0.406. The highest BCUT2D eigenvalue weighted by molar-refractivity contribution is 8.01. The fraction of sp³-hybridized carbons (Fsp3) is 0.200. The Morgan fingerprint density at radius 1 is 1.29 bits per heavy atom. The van der Waals surface area contributed by atoms with Gasteiger partial charge >= 0.3 is 0 Å². The lowest BCUT2D eigenvalue weighted by Crippen LogP contribution is -2.34. The van der Waals surface area contributed by atoms with E-state index >= 15 is 0 Å². The standard InChI is InChI=1S/C15H14N2O3S/c18-14(16-9-10-4-3-7-20-10)8-13-15(19)17-11-5-1-2-6-12(11)21-13/h1-7,13H,8-9H2,(H,16,18)(H,17,19). The Balaban J connectivity index is 1.57. The first-order chi connectivity index (χ1) is 10.2. The fourth-order valence-corrected chi connectivity index (χ4v) is 3.18. The maximum Gasteiger partial charge on any atom is 0.238 e. The normalized spacial score (nSPS) is 17.0. The Kier molecular flexibility index (Phi) is 3.96. The van der Waals surface area contributed by atoms with Gasteiger partial charge in [-0.25, -0.2) is 0 Å². The molecule has 0 saturated carbocycles. The molecule has 108 valence electrons. The van der Waals surface area contributed by atoms with Gasteiger partial charge in [0.1, 0.15) is 5.76 Å². The van der Waals surface area contributed by atoms with Crippen molar-refractivity contribution in [1.82, 2.24) is 5.32 Å². The number of para-hydroxylation sites is 1. The van der Waals surface area contributed by atoms with Gasteiger partial charge in [-0.3, -0.25) is 9.59 Å². The monoisotopic (exact) mass is 302 g/mol. The molecule has 2 heterocycles. The molecular formula is C15H14N2O3S. The van der Waals surface area contributed by atoms with E-state index in [1.54, 1.807) is 18.4 Å². The maximum atomic E-state index is 12.0. The Morgan fingerprint density at radius 2 is 2.14 bits per heavy atom. The number of nitrogens with one attached hydrogen (secondary N) is 2. The third-order valence-electron chi connectivity index (χ3n) is 3.12. The minimum absolute atomic E-state index is 0.133. The van der Waals surface area contributed by atoms with Crippen LogP contribution < -0.4 is 10.6 Å². The molecule has 5 nitrogen and oxygen atoms in total. The highest BCUT2D eigenvalue weighted by Crippen LogP contribution is 2.36. The Hall–Kier alpha value is -2.21. The van der Waals surface area contributed by atoms with Gasteiger partial charge in [0.15, 0.2) is 0 Å². The highest BCUT2D eigenvalue weighted by Gasteiger charge is 2.28. The molecule has 0 saturated heterocycles. The van der Waals surface area contributed by atoms with Gasteiger partial charge in [-0.2, -0.15) is 0 Å². The van der Waals surface area contributed by atoms with Crippen LogP contribution in [0.15, 0.2) is 52.0 Å². The van der Waals surface area contributed by atoms with Crippen molar-refractivity contribution in [1.29, 1.82) is 0 Å². The number of carbonyl (C=O) groups excluding carboxylic acids is 2. The van der Waals surface area contributed by atoms with Crippen LogP contribution in [0.2, 0.25) is 0 Å². The van der Waals surface area contributed by atoms with Crippen LogP contribution in [0.5, 0.6) is 0 Å². The Bertz CT molecular complexity index is 655. The number of rotatable bonds is 4. The van der Waals surface area contributed by atoms with Crippen LogP contribution in [0.1, 0.15) is 12.2 Å². The van der Waals surface area contributed by atoms with Crippen molar-refractivity contribution in [2.75, 3.05) is 5.32 Å². The quantitative estimate of drug-likeness (QED) is 0.909. The molecule has 2 amide bonds. The summed E-state index contributed by atoms with van der Waals surface area (Å²) in [6, 6.07) is 11.1. The van der Waals surface area contributed by atoms with Gasteiger partial charge in [0.2, 0.25) is 11.8 Å². The fourth-order valence-electron chi connectivity index (χ4n) is 2.07.